The van der Waals surface area contributed by atoms with E-state index in [1.807, 2.05) is 0 Å². The van der Waals surface area contributed by atoms with E-state index in [9.17, 15) is 0 Å². The summed E-state index contributed by atoms with van der Waals surface area (Å²) in [5.41, 5.74) is 2.91. The van der Waals surface area contributed by atoms with Crippen molar-refractivity contribution in [1.29, 1.82) is 0 Å². The van der Waals surface area contributed by atoms with Crippen LogP contribution in [-0.2, 0) is 0 Å². The van der Waals surface area contributed by atoms with Gasteiger partial charge < -0.3 is 10.1 Å². The zero-order valence-electron chi connectivity index (χ0n) is 11.3. The average molecular weight is 233 g/mol. The third kappa shape index (κ3) is 2.63. The molecule has 1 aromatic rings. The maximum absolute atomic E-state index is 5.77. The van der Waals surface area contributed by atoms with Crippen LogP contribution >= 0.6 is 0 Å². The van der Waals surface area contributed by atoms with E-state index in [4.69, 9.17) is 4.74 Å². The zero-order valence-corrected chi connectivity index (χ0v) is 11.3. The lowest BCUT2D eigenvalue weighted by Crippen LogP contribution is -2.18. The van der Waals surface area contributed by atoms with E-state index in [0.717, 1.165) is 12.3 Å². The van der Waals surface area contributed by atoms with E-state index in [1.165, 1.54) is 17.5 Å². The third-order valence-electron chi connectivity index (χ3n) is 3.38. The number of fused-ring (bicyclic) bond motifs is 1. The fourth-order valence-electron chi connectivity index (χ4n) is 2.70. The molecule has 1 aromatic carbocycles. The second-order valence-corrected chi connectivity index (χ2v) is 5.20. The molecule has 2 atom stereocenters. The highest BCUT2D eigenvalue weighted by Gasteiger charge is 2.27. The Labute approximate surface area is 104 Å². The standard InChI is InChI=1S/C15H23NO/c1-5-16-15-8-11(4)13-7-6-12(9-14(13)15)17-10(2)3/h6-7,9-11,15-16H,5,8H2,1-4H3. The van der Waals surface area contributed by atoms with Gasteiger partial charge in [0, 0.05) is 6.04 Å². The monoisotopic (exact) mass is 233 g/mol. The summed E-state index contributed by atoms with van der Waals surface area (Å²) < 4.78 is 5.77. The average Bonchev–Trinajstić information content (AvgIpc) is 2.55. The van der Waals surface area contributed by atoms with E-state index in [2.05, 4.69) is 51.2 Å². The highest BCUT2D eigenvalue weighted by atomic mass is 16.5. The van der Waals surface area contributed by atoms with E-state index in [-0.39, 0.29) is 6.10 Å². The molecule has 0 aliphatic heterocycles. The smallest absolute Gasteiger partial charge is 0.120 e. The molecule has 0 fully saturated rings. The van der Waals surface area contributed by atoms with Crippen molar-refractivity contribution < 1.29 is 4.74 Å². The summed E-state index contributed by atoms with van der Waals surface area (Å²) in [6.45, 7) is 9.62. The van der Waals surface area contributed by atoms with Crippen LogP contribution in [0.5, 0.6) is 5.75 Å². The molecule has 0 aromatic heterocycles. The number of hydrogen-bond acceptors (Lipinski definition) is 2. The quantitative estimate of drug-likeness (QED) is 0.857. The molecule has 0 bridgehead atoms. The van der Waals surface area contributed by atoms with Gasteiger partial charge in [-0.2, -0.15) is 0 Å². The maximum Gasteiger partial charge on any atom is 0.120 e. The summed E-state index contributed by atoms with van der Waals surface area (Å²) in [6, 6.07) is 7.05. The Bertz CT molecular complexity index is 387. The number of ether oxygens (including phenoxy) is 1. The largest absolute Gasteiger partial charge is 0.491 e. The van der Waals surface area contributed by atoms with Crippen LogP contribution in [0.3, 0.4) is 0 Å². The maximum atomic E-state index is 5.77. The van der Waals surface area contributed by atoms with Gasteiger partial charge in [0.15, 0.2) is 0 Å². The Balaban J connectivity index is 2.26. The van der Waals surface area contributed by atoms with Gasteiger partial charge in [-0.05, 0) is 56.0 Å². The molecular weight excluding hydrogens is 210 g/mol. The molecule has 2 nitrogen and oxygen atoms in total. The number of benzene rings is 1. The normalized spacial score (nSPS) is 22.9. The predicted molar refractivity (Wildman–Crippen MR) is 71.7 cm³/mol. The van der Waals surface area contributed by atoms with Crippen molar-refractivity contribution in [3.8, 4) is 5.75 Å². The molecule has 94 valence electrons. The number of nitrogens with one attached hydrogen (secondary N) is 1. The first-order chi connectivity index (χ1) is 8.11. The molecule has 0 spiro atoms. The molecule has 0 saturated carbocycles. The van der Waals surface area contributed by atoms with Crippen LogP contribution in [-0.4, -0.2) is 12.6 Å². The first-order valence-corrected chi connectivity index (χ1v) is 6.65. The van der Waals surface area contributed by atoms with Crippen molar-refractivity contribution in [3.05, 3.63) is 29.3 Å². The minimum atomic E-state index is 0.240. The molecule has 17 heavy (non-hydrogen) atoms. The molecule has 1 aliphatic rings. The lowest BCUT2D eigenvalue weighted by molar-refractivity contribution is 0.242. The van der Waals surface area contributed by atoms with Crippen LogP contribution in [0, 0.1) is 0 Å². The minimum Gasteiger partial charge on any atom is -0.491 e. The fraction of sp³-hybridized carbons (Fsp3) is 0.600. The highest BCUT2D eigenvalue weighted by Crippen LogP contribution is 2.41. The number of hydrogen-bond donors (Lipinski definition) is 1. The first-order valence-electron chi connectivity index (χ1n) is 6.65. The lowest BCUT2D eigenvalue weighted by Gasteiger charge is -2.15. The predicted octanol–water partition coefficient (Wildman–Crippen LogP) is 3.63. The van der Waals surface area contributed by atoms with Crippen molar-refractivity contribution in [3.63, 3.8) is 0 Å². The van der Waals surface area contributed by atoms with Gasteiger partial charge >= 0.3 is 0 Å². The molecular formula is C15H23NO. The van der Waals surface area contributed by atoms with Crippen molar-refractivity contribution in [2.24, 2.45) is 0 Å². The van der Waals surface area contributed by atoms with Crippen molar-refractivity contribution in [2.75, 3.05) is 6.54 Å². The molecule has 2 rings (SSSR count). The van der Waals surface area contributed by atoms with Gasteiger partial charge in [0.1, 0.15) is 5.75 Å². The Morgan fingerprint density at radius 3 is 2.76 bits per heavy atom. The third-order valence-corrected chi connectivity index (χ3v) is 3.38. The van der Waals surface area contributed by atoms with E-state index in [0.29, 0.717) is 12.0 Å². The van der Waals surface area contributed by atoms with Gasteiger partial charge in [0.25, 0.3) is 0 Å². The first kappa shape index (κ1) is 12.4. The molecule has 0 amide bonds. The Morgan fingerprint density at radius 2 is 2.12 bits per heavy atom. The summed E-state index contributed by atoms with van der Waals surface area (Å²) >= 11 is 0. The number of rotatable bonds is 4. The molecule has 1 N–H and O–H groups in total. The second-order valence-electron chi connectivity index (χ2n) is 5.20. The zero-order chi connectivity index (χ0) is 12.4. The summed E-state index contributed by atoms with van der Waals surface area (Å²) in [5.74, 6) is 1.65. The van der Waals surface area contributed by atoms with Crippen LogP contribution in [0.2, 0.25) is 0 Å². The van der Waals surface area contributed by atoms with E-state index < -0.39 is 0 Å². The molecule has 0 radical (unpaired) electrons. The Morgan fingerprint density at radius 1 is 1.35 bits per heavy atom. The molecule has 0 saturated heterocycles. The summed E-state index contributed by atoms with van der Waals surface area (Å²) in [5, 5.41) is 3.56. The van der Waals surface area contributed by atoms with Crippen molar-refractivity contribution in [1.82, 2.24) is 5.32 Å². The summed E-state index contributed by atoms with van der Waals surface area (Å²) in [7, 11) is 0. The van der Waals surface area contributed by atoms with Gasteiger partial charge in [-0.3, -0.25) is 0 Å². The van der Waals surface area contributed by atoms with Crippen LogP contribution in [0.4, 0.5) is 0 Å². The van der Waals surface area contributed by atoms with Gasteiger partial charge in [0.05, 0.1) is 6.10 Å². The van der Waals surface area contributed by atoms with Crippen molar-refractivity contribution >= 4 is 0 Å². The second kappa shape index (κ2) is 5.09. The van der Waals surface area contributed by atoms with Gasteiger partial charge in [0.2, 0.25) is 0 Å². The Hall–Kier alpha value is -1.02. The summed E-state index contributed by atoms with van der Waals surface area (Å²) in [4.78, 5) is 0. The van der Waals surface area contributed by atoms with E-state index >= 15 is 0 Å². The van der Waals surface area contributed by atoms with Gasteiger partial charge in [-0.15, -0.1) is 0 Å². The van der Waals surface area contributed by atoms with Crippen LogP contribution < -0.4 is 10.1 Å². The molecule has 1 aliphatic carbocycles. The van der Waals surface area contributed by atoms with E-state index in [1.54, 1.807) is 0 Å². The Kier molecular flexibility index (Phi) is 3.72. The van der Waals surface area contributed by atoms with Crippen LogP contribution in [0.15, 0.2) is 18.2 Å². The lowest BCUT2D eigenvalue weighted by atomic mass is 10.0. The van der Waals surface area contributed by atoms with Crippen molar-refractivity contribution in [2.45, 2.75) is 52.2 Å². The van der Waals surface area contributed by atoms with Gasteiger partial charge in [-0.1, -0.05) is 19.9 Å². The molecule has 2 heteroatoms. The van der Waals surface area contributed by atoms with Gasteiger partial charge in [-0.25, -0.2) is 0 Å². The molecule has 2 unspecified atom stereocenters. The van der Waals surface area contributed by atoms with Crippen LogP contribution in [0.1, 0.15) is 57.2 Å². The summed E-state index contributed by atoms with van der Waals surface area (Å²) in [6.07, 6.45) is 1.44. The fourth-order valence-corrected chi connectivity index (χ4v) is 2.70. The minimum absolute atomic E-state index is 0.240. The van der Waals surface area contributed by atoms with Crippen LogP contribution in [0.25, 0.3) is 0 Å². The highest BCUT2D eigenvalue weighted by molar-refractivity contribution is 5.43. The molecule has 0 heterocycles. The topological polar surface area (TPSA) is 21.3 Å². The SMILES string of the molecule is CCNC1CC(C)c2ccc(OC(C)C)cc21.